The quantitative estimate of drug-likeness (QED) is 0.844. The zero-order valence-electron chi connectivity index (χ0n) is 10.4. The molecule has 2 heteroatoms. The van der Waals surface area contributed by atoms with Gasteiger partial charge in [0, 0.05) is 24.7 Å². The smallest absolute Gasteiger partial charge is 0.0552 e. The third kappa shape index (κ3) is 2.07. The molecule has 2 rings (SSSR count). The van der Waals surface area contributed by atoms with Crippen molar-refractivity contribution < 1.29 is 5.11 Å². The van der Waals surface area contributed by atoms with Crippen molar-refractivity contribution in [2.75, 3.05) is 18.0 Å². The fraction of sp³-hybridized carbons (Fsp3) is 0.571. The number of hydrogen-bond acceptors (Lipinski definition) is 2. The van der Waals surface area contributed by atoms with Crippen LogP contribution in [0.5, 0.6) is 0 Å². The van der Waals surface area contributed by atoms with Crippen LogP contribution in [-0.2, 0) is 6.42 Å². The largest absolute Gasteiger partial charge is 0.393 e. The fourth-order valence-corrected chi connectivity index (χ4v) is 2.57. The van der Waals surface area contributed by atoms with Gasteiger partial charge in [-0.25, -0.2) is 0 Å². The van der Waals surface area contributed by atoms with Crippen LogP contribution in [0.15, 0.2) is 18.2 Å². The topological polar surface area (TPSA) is 23.5 Å². The van der Waals surface area contributed by atoms with E-state index in [1.807, 2.05) is 6.92 Å². The number of rotatable bonds is 3. The molecule has 2 nitrogen and oxygen atoms in total. The SMILES string of the molecule is CCN1CC(C)c2ccc(CC(C)O)cc21. The number of fused-ring (bicyclic) bond motifs is 1. The lowest BCUT2D eigenvalue weighted by molar-refractivity contribution is 0.195. The monoisotopic (exact) mass is 219 g/mol. The molecule has 1 aromatic carbocycles. The summed E-state index contributed by atoms with van der Waals surface area (Å²) in [5, 5.41) is 9.42. The van der Waals surface area contributed by atoms with Gasteiger partial charge in [0.05, 0.1) is 6.10 Å². The summed E-state index contributed by atoms with van der Waals surface area (Å²) in [5.74, 6) is 0.635. The van der Waals surface area contributed by atoms with E-state index in [0.717, 1.165) is 19.5 Å². The van der Waals surface area contributed by atoms with Crippen LogP contribution in [0.3, 0.4) is 0 Å². The molecule has 0 bridgehead atoms. The molecule has 16 heavy (non-hydrogen) atoms. The van der Waals surface area contributed by atoms with Crippen LogP contribution in [0.1, 0.15) is 37.8 Å². The van der Waals surface area contributed by atoms with Crippen molar-refractivity contribution in [1.29, 1.82) is 0 Å². The van der Waals surface area contributed by atoms with Crippen LogP contribution in [0.2, 0.25) is 0 Å². The zero-order valence-corrected chi connectivity index (χ0v) is 10.4. The van der Waals surface area contributed by atoms with Crippen molar-refractivity contribution in [3.8, 4) is 0 Å². The Bertz CT molecular complexity index is 373. The van der Waals surface area contributed by atoms with E-state index in [-0.39, 0.29) is 6.10 Å². The summed E-state index contributed by atoms with van der Waals surface area (Å²) < 4.78 is 0. The summed E-state index contributed by atoms with van der Waals surface area (Å²) in [7, 11) is 0. The predicted molar refractivity (Wildman–Crippen MR) is 68.1 cm³/mol. The molecular weight excluding hydrogens is 198 g/mol. The fourth-order valence-electron chi connectivity index (χ4n) is 2.57. The van der Waals surface area contributed by atoms with E-state index in [1.165, 1.54) is 16.8 Å². The highest BCUT2D eigenvalue weighted by atomic mass is 16.3. The standard InChI is InChI=1S/C14H21NO/c1-4-15-9-10(2)13-6-5-12(7-11(3)16)8-14(13)15/h5-6,8,10-11,16H,4,7,9H2,1-3H3. The van der Waals surface area contributed by atoms with Crippen molar-refractivity contribution in [2.45, 2.75) is 39.2 Å². The summed E-state index contributed by atoms with van der Waals surface area (Å²) in [6, 6.07) is 6.63. The van der Waals surface area contributed by atoms with Gasteiger partial charge in [0.25, 0.3) is 0 Å². The second-order valence-electron chi connectivity index (χ2n) is 4.89. The first kappa shape index (κ1) is 11.5. The van der Waals surface area contributed by atoms with Gasteiger partial charge in [-0.3, -0.25) is 0 Å². The second kappa shape index (κ2) is 4.46. The highest BCUT2D eigenvalue weighted by molar-refractivity contribution is 5.61. The summed E-state index contributed by atoms with van der Waals surface area (Å²) in [5.41, 5.74) is 4.06. The van der Waals surface area contributed by atoms with Crippen LogP contribution < -0.4 is 4.90 Å². The molecule has 1 aromatic rings. The van der Waals surface area contributed by atoms with Crippen LogP contribution in [0.25, 0.3) is 0 Å². The van der Waals surface area contributed by atoms with Gasteiger partial charge < -0.3 is 10.0 Å². The van der Waals surface area contributed by atoms with E-state index >= 15 is 0 Å². The second-order valence-corrected chi connectivity index (χ2v) is 4.89. The van der Waals surface area contributed by atoms with E-state index < -0.39 is 0 Å². The Kier molecular flexibility index (Phi) is 3.20. The molecule has 1 N–H and O–H groups in total. The number of aliphatic hydroxyl groups is 1. The average Bonchev–Trinajstić information content (AvgIpc) is 2.54. The highest BCUT2D eigenvalue weighted by Crippen LogP contribution is 2.36. The lowest BCUT2D eigenvalue weighted by Crippen LogP contribution is -2.20. The third-order valence-electron chi connectivity index (χ3n) is 3.37. The Morgan fingerprint density at radius 3 is 2.88 bits per heavy atom. The molecule has 2 atom stereocenters. The van der Waals surface area contributed by atoms with Crippen molar-refractivity contribution >= 4 is 5.69 Å². The van der Waals surface area contributed by atoms with Gasteiger partial charge in [-0.15, -0.1) is 0 Å². The maximum absolute atomic E-state index is 9.42. The Labute approximate surface area is 97.9 Å². The van der Waals surface area contributed by atoms with Gasteiger partial charge in [-0.05, 0) is 37.5 Å². The van der Waals surface area contributed by atoms with Gasteiger partial charge in [0.15, 0.2) is 0 Å². The van der Waals surface area contributed by atoms with Crippen LogP contribution in [0, 0.1) is 0 Å². The normalized spacial score (nSPS) is 21.0. The Hall–Kier alpha value is -1.02. The molecule has 2 unspecified atom stereocenters. The Balaban J connectivity index is 2.30. The molecule has 1 aliphatic rings. The number of hydrogen-bond donors (Lipinski definition) is 1. The minimum Gasteiger partial charge on any atom is -0.393 e. The van der Waals surface area contributed by atoms with Gasteiger partial charge in [0.1, 0.15) is 0 Å². The number of benzene rings is 1. The molecule has 88 valence electrons. The van der Waals surface area contributed by atoms with Crippen LogP contribution in [0.4, 0.5) is 5.69 Å². The van der Waals surface area contributed by atoms with E-state index in [9.17, 15) is 5.11 Å². The molecular formula is C14H21NO. The third-order valence-corrected chi connectivity index (χ3v) is 3.37. The maximum atomic E-state index is 9.42. The lowest BCUT2D eigenvalue weighted by atomic mass is 10.00. The lowest BCUT2D eigenvalue weighted by Gasteiger charge is -2.17. The zero-order chi connectivity index (χ0) is 11.7. The Morgan fingerprint density at radius 1 is 1.50 bits per heavy atom. The van der Waals surface area contributed by atoms with Crippen LogP contribution in [-0.4, -0.2) is 24.3 Å². The average molecular weight is 219 g/mol. The maximum Gasteiger partial charge on any atom is 0.0552 e. The van der Waals surface area contributed by atoms with Gasteiger partial charge in [-0.2, -0.15) is 0 Å². The van der Waals surface area contributed by atoms with Gasteiger partial charge in [-0.1, -0.05) is 19.1 Å². The summed E-state index contributed by atoms with van der Waals surface area (Å²) >= 11 is 0. The van der Waals surface area contributed by atoms with Crippen molar-refractivity contribution in [3.63, 3.8) is 0 Å². The van der Waals surface area contributed by atoms with Crippen molar-refractivity contribution in [3.05, 3.63) is 29.3 Å². The molecule has 0 saturated heterocycles. The summed E-state index contributed by atoms with van der Waals surface area (Å²) in [4.78, 5) is 2.42. The molecule has 0 amide bonds. The van der Waals surface area contributed by atoms with Crippen molar-refractivity contribution in [2.24, 2.45) is 0 Å². The molecule has 0 aromatic heterocycles. The molecule has 1 aliphatic heterocycles. The first-order valence-corrected chi connectivity index (χ1v) is 6.17. The number of anilines is 1. The van der Waals surface area contributed by atoms with E-state index in [2.05, 4.69) is 36.9 Å². The molecule has 0 aliphatic carbocycles. The van der Waals surface area contributed by atoms with E-state index in [0.29, 0.717) is 5.92 Å². The minimum absolute atomic E-state index is 0.257. The van der Waals surface area contributed by atoms with Gasteiger partial charge >= 0.3 is 0 Å². The Morgan fingerprint density at radius 2 is 2.25 bits per heavy atom. The number of likely N-dealkylation sites (N-methyl/N-ethyl adjacent to an activating group) is 1. The summed E-state index contributed by atoms with van der Waals surface area (Å²) in [6.45, 7) is 8.51. The van der Waals surface area contributed by atoms with E-state index in [4.69, 9.17) is 0 Å². The van der Waals surface area contributed by atoms with E-state index in [1.54, 1.807) is 0 Å². The first-order chi connectivity index (χ1) is 7.61. The molecule has 0 fully saturated rings. The number of nitrogens with zero attached hydrogens (tertiary/aromatic N) is 1. The molecule has 0 spiro atoms. The minimum atomic E-state index is -0.257. The highest BCUT2D eigenvalue weighted by Gasteiger charge is 2.24. The summed E-state index contributed by atoms with van der Waals surface area (Å²) in [6.07, 6.45) is 0.492. The first-order valence-electron chi connectivity index (χ1n) is 6.17. The van der Waals surface area contributed by atoms with Crippen molar-refractivity contribution in [1.82, 2.24) is 0 Å². The molecule has 1 heterocycles. The van der Waals surface area contributed by atoms with Crippen LogP contribution >= 0.6 is 0 Å². The predicted octanol–water partition coefficient (Wildman–Crippen LogP) is 2.55. The van der Waals surface area contributed by atoms with Gasteiger partial charge in [0.2, 0.25) is 0 Å². The molecule has 0 saturated carbocycles. The number of aliphatic hydroxyl groups excluding tert-OH is 1. The molecule has 0 radical (unpaired) electrons.